The molecule has 0 bridgehead atoms. The molecule has 3 aromatic rings. The van der Waals surface area contributed by atoms with Crippen molar-refractivity contribution in [1.29, 1.82) is 0 Å². The van der Waals surface area contributed by atoms with E-state index < -0.39 is 0 Å². The number of benzene rings is 2. The Bertz CT molecular complexity index is 901. The van der Waals surface area contributed by atoms with Crippen LogP contribution in [0, 0.1) is 13.8 Å². The van der Waals surface area contributed by atoms with E-state index in [1.807, 2.05) is 37.3 Å². The predicted molar refractivity (Wildman–Crippen MR) is 98.7 cm³/mol. The minimum atomic E-state index is -0.142. The van der Waals surface area contributed by atoms with Gasteiger partial charge < -0.3 is 14.8 Å². The molecule has 0 fully saturated rings. The van der Waals surface area contributed by atoms with Gasteiger partial charge in [0.25, 0.3) is 5.91 Å². The second kappa shape index (κ2) is 7.93. The van der Waals surface area contributed by atoms with E-state index in [0.717, 1.165) is 22.3 Å². The van der Waals surface area contributed by atoms with E-state index in [1.165, 1.54) is 0 Å². The van der Waals surface area contributed by atoms with Crippen molar-refractivity contribution >= 4 is 5.91 Å². The maximum absolute atomic E-state index is 12.1. The number of hydrogen-bond acceptors (Lipinski definition) is 5. The van der Waals surface area contributed by atoms with Crippen molar-refractivity contribution in [2.75, 3.05) is 13.2 Å². The van der Waals surface area contributed by atoms with Crippen molar-refractivity contribution in [2.24, 2.45) is 0 Å². The zero-order valence-electron chi connectivity index (χ0n) is 14.8. The molecule has 1 heterocycles. The quantitative estimate of drug-likeness (QED) is 0.666. The van der Waals surface area contributed by atoms with Gasteiger partial charge in [-0.1, -0.05) is 18.2 Å². The summed E-state index contributed by atoms with van der Waals surface area (Å²) >= 11 is 0. The molecule has 0 saturated heterocycles. The van der Waals surface area contributed by atoms with Crippen LogP contribution in [-0.2, 0) is 0 Å². The average Bonchev–Trinajstić information content (AvgIpc) is 3.09. The lowest BCUT2D eigenvalue weighted by atomic mass is 9.97. The second-order valence-corrected chi connectivity index (χ2v) is 6.07. The van der Waals surface area contributed by atoms with E-state index in [2.05, 4.69) is 15.5 Å². The first kappa shape index (κ1) is 17.8. The standard InChI is InChI=1S/C20H21N3O3/c1-13-4-5-17(20-23-22-14(2)26-20)12-18(13)15-6-8-16(9-7-15)19(25)21-10-3-11-24/h4-9,12,24H,3,10-11H2,1-2H3,(H,21,25). The summed E-state index contributed by atoms with van der Waals surface area (Å²) in [6.07, 6.45) is 0.547. The average molecular weight is 351 g/mol. The first-order chi connectivity index (χ1) is 12.6. The van der Waals surface area contributed by atoms with Gasteiger partial charge in [-0.2, -0.15) is 0 Å². The molecule has 0 atom stereocenters. The van der Waals surface area contributed by atoms with Gasteiger partial charge in [-0.25, -0.2) is 0 Å². The molecule has 6 nitrogen and oxygen atoms in total. The van der Waals surface area contributed by atoms with E-state index in [9.17, 15) is 4.79 Å². The third-order valence-electron chi connectivity index (χ3n) is 4.09. The number of aliphatic hydroxyl groups is 1. The maximum atomic E-state index is 12.1. The molecule has 3 rings (SSSR count). The highest BCUT2D eigenvalue weighted by Crippen LogP contribution is 2.29. The Morgan fingerprint density at radius 3 is 2.46 bits per heavy atom. The molecule has 0 aliphatic rings. The van der Waals surface area contributed by atoms with Crippen LogP contribution in [0.25, 0.3) is 22.6 Å². The first-order valence-electron chi connectivity index (χ1n) is 8.49. The van der Waals surface area contributed by atoms with E-state index in [4.69, 9.17) is 9.52 Å². The maximum Gasteiger partial charge on any atom is 0.251 e. The molecule has 0 spiro atoms. The Hall–Kier alpha value is -2.99. The summed E-state index contributed by atoms with van der Waals surface area (Å²) in [7, 11) is 0. The van der Waals surface area contributed by atoms with Gasteiger partial charge in [0.15, 0.2) is 0 Å². The summed E-state index contributed by atoms with van der Waals surface area (Å²) in [5.74, 6) is 0.874. The van der Waals surface area contributed by atoms with Crippen molar-refractivity contribution in [3.8, 4) is 22.6 Å². The summed E-state index contributed by atoms with van der Waals surface area (Å²) in [5.41, 5.74) is 4.62. The lowest BCUT2D eigenvalue weighted by Crippen LogP contribution is -2.24. The lowest BCUT2D eigenvalue weighted by Gasteiger charge is -2.09. The Kier molecular flexibility index (Phi) is 5.43. The zero-order valence-corrected chi connectivity index (χ0v) is 14.8. The number of nitrogens with zero attached hydrogens (tertiary/aromatic N) is 2. The summed E-state index contributed by atoms with van der Waals surface area (Å²) < 4.78 is 5.50. The molecule has 0 aliphatic carbocycles. The van der Waals surface area contributed by atoms with Gasteiger partial charge in [-0.15, -0.1) is 10.2 Å². The van der Waals surface area contributed by atoms with Crippen LogP contribution in [0.1, 0.15) is 28.2 Å². The highest BCUT2D eigenvalue weighted by molar-refractivity contribution is 5.94. The van der Waals surface area contributed by atoms with Crippen LogP contribution in [0.5, 0.6) is 0 Å². The summed E-state index contributed by atoms with van der Waals surface area (Å²) in [5, 5.41) is 19.5. The number of aryl methyl sites for hydroxylation is 2. The predicted octanol–water partition coefficient (Wildman–Crippen LogP) is 3.13. The summed E-state index contributed by atoms with van der Waals surface area (Å²) in [6, 6.07) is 13.4. The van der Waals surface area contributed by atoms with E-state index >= 15 is 0 Å². The number of aliphatic hydroxyl groups excluding tert-OH is 1. The molecule has 2 N–H and O–H groups in total. The molecule has 26 heavy (non-hydrogen) atoms. The molecule has 0 saturated carbocycles. The van der Waals surface area contributed by atoms with Crippen LogP contribution in [-0.4, -0.2) is 34.4 Å². The number of rotatable bonds is 6. The zero-order chi connectivity index (χ0) is 18.5. The Morgan fingerprint density at radius 2 is 1.81 bits per heavy atom. The molecule has 0 aliphatic heterocycles. The fourth-order valence-electron chi connectivity index (χ4n) is 2.66. The fraction of sp³-hybridized carbons (Fsp3) is 0.250. The number of carbonyl (C=O) groups excluding carboxylic acids is 1. The van der Waals surface area contributed by atoms with Crippen molar-refractivity contribution in [3.63, 3.8) is 0 Å². The number of nitrogens with one attached hydrogen (secondary N) is 1. The molecule has 0 radical (unpaired) electrons. The van der Waals surface area contributed by atoms with E-state index in [1.54, 1.807) is 19.1 Å². The normalized spacial score (nSPS) is 10.7. The third kappa shape index (κ3) is 3.97. The number of aromatic nitrogens is 2. The smallest absolute Gasteiger partial charge is 0.251 e. The minimum Gasteiger partial charge on any atom is -0.421 e. The topological polar surface area (TPSA) is 88.2 Å². The van der Waals surface area contributed by atoms with Gasteiger partial charge in [-0.05, 0) is 54.3 Å². The SMILES string of the molecule is Cc1nnc(-c2ccc(C)c(-c3ccc(C(=O)NCCCO)cc3)c2)o1. The molecular weight excluding hydrogens is 330 g/mol. The lowest BCUT2D eigenvalue weighted by molar-refractivity contribution is 0.0951. The van der Waals surface area contributed by atoms with Gasteiger partial charge in [-0.3, -0.25) is 4.79 Å². The van der Waals surface area contributed by atoms with Gasteiger partial charge in [0.05, 0.1) is 0 Å². The second-order valence-electron chi connectivity index (χ2n) is 6.07. The third-order valence-corrected chi connectivity index (χ3v) is 4.09. The Labute approximate surface area is 151 Å². The van der Waals surface area contributed by atoms with Crippen molar-refractivity contribution in [3.05, 3.63) is 59.5 Å². The van der Waals surface area contributed by atoms with Gasteiger partial charge >= 0.3 is 0 Å². The summed E-state index contributed by atoms with van der Waals surface area (Å²) in [4.78, 5) is 12.1. The van der Waals surface area contributed by atoms with Crippen LogP contribution in [0.15, 0.2) is 46.9 Å². The van der Waals surface area contributed by atoms with Gasteiger partial charge in [0.1, 0.15) is 0 Å². The molecule has 1 amide bonds. The fourth-order valence-corrected chi connectivity index (χ4v) is 2.66. The Morgan fingerprint density at radius 1 is 1.08 bits per heavy atom. The van der Waals surface area contributed by atoms with Crippen LogP contribution >= 0.6 is 0 Å². The number of hydrogen-bond donors (Lipinski definition) is 2. The van der Waals surface area contributed by atoms with Crippen LogP contribution in [0.4, 0.5) is 0 Å². The van der Waals surface area contributed by atoms with E-state index in [0.29, 0.717) is 30.3 Å². The minimum absolute atomic E-state index is 0.0639. The molecular formula is C20H21N3O3. The molecule has 0 unspecified atom stereocenters. The first-order valence-corrected chi connectivity index (χ1v) is 8.49. The van der Waals surface area contributed by atoms with Gasteiger partial charge in [0, 0.05) is 31.2 Å². The van der Waals surface area contributed by atoms with Gasteiger partial charge in [0.2, 0.25) is 11.8 Å². The van der Waals surface area contributed by atoms with E-state index in [-0.39, 0.29) is 12.5 Å². The highest BCUT2D eigenvalue weighted by atomic mass is 16.4. The molecule has 2 aromatic carbocycles. The van der Waals surface area contributed by atoms with Crippen molar-refractivity contribution < 1.29 is 14.3 Å². The number of carbonyl (C=O) groups is 1. The molecule has 6 heteroatoms. The highest BCUT2D eigenvalue weighted by Gasteiger charge is 2.11. The van der Waals surface area contributed by atoms with Crippen molar-refractivity contribution in [2.45, 2.75) is 20.3 Å². The van der Waals surface area contributed by atoms with Crippen LogP contribution in [0.3, 0.4) is 0 Å². The van der Waals surface area contributed by atoms with Crippen LogP contribution < -0.4 is 5.32 Å². The number of amides is 1. The molecule has 1 aromatic heterocycles. The van der Waals surface area contributed by atoms with Crippen LogP contribution in [0.2, 0.25) is 0 Å². The summed E-state index contributed by atoms with van der Waals surface area (Å²) in [6.45, 7) is 4.32. The monoisotopic (exact) mass is 351 g/mol. The van der Waals surface area contributed by atoms with Crippen molar-refractivity contribution in [1.82, 2.24) is 15.5 Å². The Balaban J connectivity index is 1.83. The molecule has 134 valence electrons. The largest absolute Gasteiger partial charge is 0.421 e.